The maximum atomic E-state index is 5.67. The van der Waals surface area contributed by atoms with E-state index in [1.54, 1.807) is 6.20 Å². The fourth-order valence-electron chi connectivity index (χ4n) is 1.16. The Morgan fingerprint density at radius 3 is 3.07 bits per heavy atom. The van der Waals surface area contributed by atoms with Gasteiger partial charge in [0.2, 0.25) is 0 Å². The van der Waals surface area contributed by atoms with Crippen LogP contribution in [0.2, 0.25) is 0 Å². The minimum atomic E-state index is 0.180. The van der Waals surface area contributed by atoms with Gasteiger partial charge in [-0.3, -0.25) is 0 Å². The Balaban J connectivity index is 2.41. The van der Waals surface area contributed by atoms with Crippen LogP contribution in [-0.2, 0) is 4.74 Å². The summed E-state index contributed by atoms with van der Waals surface area (Å²) in [7, 11) is 0. The van der Waals surface area contributed by atoms with Gasteiger partial charge in [-0.15, -0.1) is 0 Å². The average molecular weight is 195 g/mol. The van der Waals surface area contributed by atoms with Gasteiger partial charge in [0.15, 0.2) is 0 Å². The first kappa shape index (κ1) is 10.8. The third kappa shape index (κ3) is 3.22. The zero-order valence-corrected chi connectivity index (χ0v) is 8.66. The molecule has 0 aromatic carbocycles. The molecule has 1 atom stereocenters. The molecular weight excluding hydrogens is 178 g/mol. The first-order chi connectivity index (χ1) is 6.74. The summed E-state index contributed by atoms with van der Waals surface area (Å²) in [5, 5.41) is 3.18. The number of anilines is 2. The highest BCUT2D eigenvalue weighted by molar-refractivity contribution is 5.60. The number of rotatable bonds is 5. The molecule has 1 unspecified atom stereocenters. The normalized spacial score (nSPS) is 12.4. The van der Waals surface area contributed by atoms with E-state index in [1.165, 1.54) is 0 Å². The molecule has 4 heteroatoms. The van der Waals surface area contributed by atoms with E-state index in [0.29, 0.717) is 5.82 Å². The van der Waals surface area contributed by atoms with E-state index >= 15 is 0 Å². The number of nitrogens with zero attached hydrogens (tertiary/aromatic N) is 1. The zero-order valence-electron chi connectivity index (χ0n) is 8.66. The van der Waals surface area contributed by atoms with Gasteiger partial charge >= 0.3 is 0 Å². The first-order valence-electron chi connectivity index (χ1n) is 4.80. The molecule has 1 aromatic rings. The van der Waals surface area contributed by atoms with E-state index in [4.69, 9.17) is 10.5 Å². The fraction of sp³-hybridized carbons (Fsp3) is 0.500. The third-order valence-corrected chi connectivity index (χ3v) is 1.87. The fourth-order valence-corrected chi connectivity index (χ4v) is 1.16. The van der Waals surface area contributed by atoms with Crippen LogP contribution in [0.15, 0.2) is 18.3 Å². The predicted octanol–water partition coefficient (Wildman–Crippen LogP) is 1.50. The summed E-state index contributed by atoms with van der Waals surface area (Å²) in [4.78, 5) is 3.98. The van der Waals surface area contributed by atoms with Crippen LogP contribution in [-0.4, -0.2) is 24.2 Å². The van der Waals surface area contributed by atoms with Gasteiger partial charge in [0, 0.05) is 19.3 Å². The molecule has 0 bridgehead atoms. The summed E-state index contributed by atoms with van der Waals surface area (Å²) in [5.41, 5.74) is 6.53. The Morgan fingerprint density at radius 2 is 2.43 bits per heavy atom. The quantitative estimate of drug-likeness (QED) is 0.747. The molecule has 4 nitrogen and oxygen atoms in total. The number of hydrogen-bond donors (Lipinski definition) is 2. The van der Waals surface area contributed by atoms with E-state index in [9.17, 15) is 0 Å². The van der Waals surface area contributed by atoms with Crippen molar-refractivity contribution < 1.29 is 4.74 Å². The van der Waals surface area contributed by atoms with Crippen molar-refractivity contribution in [3.8, 4) is 0 Å². The number of nitrogens with one attached hydrogen (secondary N) is 1. The summed E-state index contributed by atoms with van der Waals surface area (Å²) >= 11 is 0. The van der Waals surface area contributed by atoms with Gasteiger partial charge in [0.1, 0.15) is 5.82 Å². The highest BCUT2D eigenvalue weighted by Gasteiger charge is 2.02. The molecule has 14 heavy (non-hydrogen) atoms. The number of aromatic nitrogens is 1. The Labute approximate surface area is 84.5 Å². The van der Waals surface area contributed by atoms with E-state index in [0.717, 1.165) is 18.8 Å². The highest BCUT2D eigenvalue weighted by Crippen LogP contribution is 2.13. The van der Waals surface area contributed by atoms with Crippen molar-refractivity contribution in [2.75, 3.05) is 24.2 Å². The maximum Gasteiger partial charge on any atom is 0.146 e. The standard InChI is InChI=1S/C10H17N3O/c1-3-14-8(2)7-13-9-5-4-6-12-10(9)11/h4-6,8,13H,3,7H2,1-2H3,(H2,11,12). The van der Waals surface area contributed by atoms with Crippen molar-refractivity contribution >= 4 is 11.5 Å². The molecule has 0 amide bonds. The number of nitrogen functional groups attached to an aromatic ring is 1. The molecule has 78 valence electrons. The van der Waals surface area contributed by atoms with Gasteiger partial charge in [0.25, 0.3) is 0 Å². The zero-order chi connectivity index (χ0) is 10.4. The Hall–Kier alpha value is -1.29. The lowest BCUT2D eigenvalue weighted by molar-refractivity contribution is 0.0855. The summed E-state index contributed by atoms with van der Waals surface area (Å²) < 4.78 is 5.38. The second kappa shape index (κ2) is 5.44. The van der Waals surface area contributed by atoms with Crippen LogP contribution in [0.4, 0.5) is 11.5 Å². The lowest BCUT2D eigenvalue weighted by Gasteiger charge is -2.14. The van der Waals surface area contributed by atoms with E-state index in [1.807, 2.05) is 26.0 Å². The summed E-state index contributed by atoms with van der Waals surface area (Å²) in [6.07, 6.45) is 1.85. The average Bonchev–Trinajstić information content (AvgIpc) is 2.17. The molecule has 1 heterocycles. The summed E-state index contributed by atoms with van der Waals surface area (Å²) in [6.45, 7) is 5.47. The molecule has 0 aliphatic carbocycles. The van der Waals surface area contributed by atoms with Gasteiger partial charge in [0.05, 0.1) is 11.8 Å². The molecule has 0 saturated carbocycles. The topological polar surface area (TPSA) is 60.2 Å². The number of hydrogen-bond acceptors (Lipinski definition) is 4. The lowest BCUT2D eigenvalue weighted by atomic mass is 10.3. The van der Waals surface area contributed by atoms with Gasteiger partial charge < -0.3 is 15.8 Å². The van der Waals surface area contributed by atoms with Crippen molar-refractivity contribution in [2.45, 2.75) is 20.0 Å². The molecule has 3 N–H and O–H groups in total. The van der Waals surface area contributed by atoms with E-state index in [2.05, 4.69) is 10.3 Å². The predicted molar refractivity (Wildman–Crippen MR) is 58.2 cm³/mol. The number of pyridine rings is 1. The molecule has 0 spiro atoms. The minimum Gasteiger partial charge on any atom is -0.382 e. The number of nitrogens with two attached hydrogens (primary N) is 1. The van der Waals surface area contributed by atoms with Crippen molar-refractivity contribution in [2.24, 2.45) is 0 Å². The molecule has 0 aliphatic rings. The minimum absolute atomic E-state index is 0.180. The highest BCUT2D eigenvalue weighted by atomic mass is 16.5. The lowest BCUT2D eigenvalue weighted by Crippen LogP contribution is -2.20. The Kier molecular flexibility index (Phi) is 4.19. The van der Waals surface area contributed by atoms with Crippen molar-refractivity contribution in [1.82, 2.24) is 4.98 Å². The van der Waals surface area contributed by atoms with Crippen LogP contribution >= 0.6 is 0 Å². The second-order valence-electron chi connectivity index (χ2n) is 3.08. The third-order valence-electron chi connectivity index (χ3n) is 1.87. The molecule has 0 aliphatic heterocycles. The Morgan fingerprint density at radius 1 is 1.64 bits per heavy atom. The summed E-state index contributed by atoms with van der Waals surface area (Å²) in [5.74, 6) is 0.524. The Bertz CT molecular complexity index is 278. The van der Waals surface area contributed by atoms with Crippen LogP contribution < -0.4 is 11.1 Å². The largest absolute Gasteiger partial charge is 0.382 e. The molecule has 0 fully saturated rings. The van der Waals surface area contributed by atoms with Crippen molar-refractivity contribution in [3.63, 3.8) is 0 Å². The smallest absolute Gasteiger partial charge is 0.146 e. The maximum absolute atomic E-state index is 5.67. The second-order valence-corrected chi connectivity index (χ2v) is 3.08. The monoisotopic (exact) mass is 195 g/mol. The van der Waals surface area contributed by atoms with Gasteiger partial charge in [-0.1, -0.05) is 0 Å². The van der Waals surface area contributed by atoms with E-state index in [-0.39, 0.29) is 6.10 Å². The molecule has 0 saturated heterocycles. The summed E-state index contributed by atoms with van der Waals surface area (Å²) in [6, 6.07) is 3.75. The van der Waals surface area contributed by atoms with Crippen LogP contribution in [0.25, 0.3) is 0 Å². The van der Waals surface area contributed by atoms with Crippen LogP contribution in [0, 0.1) is 0 Å². The molecule has 1 aromatic heterocycles. The van der Waals surface area contributed by atoms with E-state index < -0.39 is 0 Å². The molecular formula is C10H17N3O. The van der Waals surface area contributed by atoms with Crippen molar-refractivity contribution in [3.05, 3.63) is 18.3 Å². The number of ether oxygens (including phenoxy) is 1. The van der Waals surface area contributed by atoms with Crippen LogP contribution in [0.1, 0.15) is 13.8 Å². The van der Waals surface area contributed by atoms with Gasteiger partial charge in [-0.25, -0.2) is 4.98 Å². The SMILES string of the molecule is CCOC(C)CNc1cccnc1N. The van der Waals surface area contributed by atoms with Gasteiger partial charge in [-0.05, 0) is 26.0 Å². The molecule has 0 radical (unpaired) electrons. The van der Waals surface area contributed by atoms with Crippen LogP contribution in [0.5, 0.6) is 0 Å². The van der Waals surface area contributed by atoms with Gasteiger partial charge in [-0.2, -0.15) is 0 Å². The molecule has 1 rings (SSSR count). The van der Waals surface area contributed by atoms with Crippen molar-refractivity contribution in [1.29, 1.82) is 0 Å². The van der Waals surface area contributed by atoms with Crippen LogP contribution in [0.3, 0.4) is 0 Å². The first-order valence-corrected chi connectivity index (χ1v) is 4.80.